The second-order valence-electron chi connectivity index (χ2n) is 5.82. The van der Waals surface area contributed by atoms with Crippen molar-refractivity contribution in [3.63, 3.8) is 0 Å². The van der Waals surface area contributed by atoms with Crippen molar-refractivity contribution < 1.29 is 14.6 Å². The molecule has 1 fully saturated rings. The number of aliphatic hydroxyl groups excluding tert-OH is 1. The molecule has 1 amide bonds. The molecule has 116 valence electrons. The highest BCUT2D eigenvalue weighted by Gasteiger charge is 2.28. The number of carbonyl (C=O) groups excluding carboxylic acids is 1. The van der Waals surface area contributed by atoms with Gasteiger partial charge < -0.3 is 20.5 Å². The molecule has 0 bridgehead atoms. The van der Waals surface area contributed by atoms with E-state index in [1.807, 2.05) is 45.0 Å². The molecule has 1 aliphatic rings. The van der Waals surface area contributed by atoms with E-state index in [2.05, 4.69) is 10.6 Å². The topological polar surface area (TPSA) is 70.6 Å². The van der Waals surface area contributed by atoms with Crippen molar-refractivity contribution in [3.05, 3.63) is 29.8 Å². The van der Waals surface area contributed by atoms with Crippen molar-refractivity contribution in [3.8, 4) is 5.75 Å². The van der Waals surface area contributed by atoms with E-state index < -0.39 is 6.10 Å². The summed E-state index contributed by atoms with van der Waals surface area (Å²) in [5.74, 6) is 0.729. The smallest absolute Gasteiger partial charge is 0.237 e. The maximum atomic E-state index is 12.1. The van der Waals surface area contributed by atoms with Crippen LogP contribution in [0.4, 0.5) is 0 Å². The van der Waals surface area contributed by atoms with Crippen LogP contribution in [0.1, 0.15) is 38.8 Å². The summed E-state index contributed by atoms with van der Waals surface area (Å²) in [7, 11) is 0. The minimum absolute atomic E-state index is 0.0748. The highest BCUT2D eigenvalue weighted by Crippen LogP contribution is 2.20. The van der Waals surface area contributed by atoms with Gasteiger partial charge in [0.05, 0.1) is 24.3 Å². The van der Waals surface area contributed by atoms with Gasteiger partial charge in [-0.3, -0.25) is 4.79 Å². The number of carbonyl (C=O) groups is 1. The van der Waals surface area contributed by atoms with Gasteiger partial charge in [-0.15, -0.1) is 0 Å². The average molecular weight is 292 g/mol. The van der Waals surface area contributed by atoms with E-state index in [0.29, 0.717) is 13.0 Å². The van der Waals surface area contributed by atoms with Crippen molar-refractivity contribution in [1.82, 2.24) is 10.6 Å². The maximum Gasteiger partial charge on any atom is 0.237 e. The summed E-state index contributed by atoms with van der Waals surface area (Å²) in [4.78, 5) is 12.1. The predicted octanol–water partition coefficient (Wildman–Crippen LogP) is 1.37. The fourth-order valence-corrected chi connectivity index (χ4v) is 2.44. The van der Waals surface area contributed by atoms with Crippen molar-refractivity contribution in [2.75, 3.05) is 6.54 Å². The van der Waals surface area contributed by atoms with Gasteiger partial charge in [0.15, 0.2) is 0 Å². The number of nitrogens with one attached hydrogen (secondary N) is 2. The number of benzene rings is 1. The molecule has 0 saturated carbocycles. The second kappa shape index (κ2) is 6.91. The molecular weight excluding hydrogens is 268 g/mol. The van der Waals surface area contributed by atoms with Crippen LogP contribution in [0.25, 0.3) is 0 Å². The maximum absolute atomic E-state index is 12.1. The van der Waals surface area contributed by atoms with Crippen molar-refractivity contribution in [2.24, 2.45) is 0 Å². The van der Waals surface area contributed by atoms with Crippen molar-refractivity contribution in [2.45, 2.75) is 51.5 Å². The third-order valence-electron chi connectivity index (χ3n) is 3.51. The quantitative estimate of drug-likeness (QED) is 0.766. The van der Waals surface area contributed by atoms with Crippen LogP contribution in [-0.2, 0) is 4.79 Å². The molecule has 21 heavy (non-hydrogen) atoms. The highest BCUT2D eigenvalue weighted by molar-refractivity contribution is 5.82. The standard InChI is InChI=1S/C16H24N2O3/c1-10(2)21-14-6-4-5-12(7-14)11(3)18-16(20)15-8-13(19)9-17-15/h4-7,10-11,13,15,17,19H,8-9H2,1-3H3,(H,18,20). The zero-order chi connectivity index (χ0) is 15.4. The first kappa shape index (κ1) is 15.8. The molecule has 5 heteroatoms. The van der Waals surface area contributed by atoms with Gasteiger partial charge in [-0.2, -0.15) is 0 Å². The minimum atomic E-state index is -0.432. The molecule has 1 aliphatic heterocycles. The average Bonchev–Trinajstić information content (AvgIpc) is 2.85. The Morgan fingerprint density at radius 3 is 2.81 bits per heavy atom. The molecule has 1 aromatic rings. The third kappa shape index (κ3) is 4.44. The van der Waals surface area contributed by atoms with Gasteiger partial charge in [0.1, 0.15) is 5.75 Å². The lowest BCUT2D eigenvalue weighted by Gasteiger charge is -2.19. The molecule has 3 unspecified atom stereocenters. The number of hydrogen-bond donors (Lipinski definition) is 3. The highest BCUT2D eigenvalue weighted by atomic mass is 16.5. The molecule has 0 aromatic heterocycles. The number of β-amino-alcohol motifs (C(OH)–C–C–N with tert-alkyl or cyclic N) is 1. The number of hydrogen-bond acceptors (Lipinski definition) is 4. The number of ether oxygens (including phenoxy) is 1. The van der Waals surface area contributed by atoms with Gasteiger partial charge in [-0.1, -0.05) is 12.1 Å². The number of amides is 1. The summed E-state index contributed by atoms with van der Waals surface area (Å²) in [6, 6.07) is 7.34. The zero-order valence-electron chi connectivity index (χ0n) is 12.8. The molecule has 1 heterocycles. The van der Waals surface area contributed by atoms with Gasteiger partial charge in [0, 0.05) is 6.54 Å². The molecular formula is C16H24N2O3. The van der Waals surface area contributed by atoms with E-state index in [4.69, 9.17) is 4.74 Å². The summed E-state index contributed by atoms with van der Waals surface area (Å²) in [5.41, 5.74) is 1.00. The monoisotopic (exact) mass is 292 g/mol. The van der Waals surface area contributed by atoms with Crippen molar-refractivity contribution >= 4 is 5.91 Å². The predicted molar refractivity (Wildman–Crippen MR) is 81.2 cm³/mol. The van der Waals surface area contributed by atoms with Crippen LogP contribution < -0.4 is 15.4 Å². The molecule has 5 nitrogen and oxygen atoms in total. The van der Waals surface area contributed by atoms with Crippen LogP contribution in [0.5, 0.6) is 5.75 Å². The number of rotatable bonds is 5. The second-order valence-corrected chi connectivity index (χ2v) is 5.82. The minimum Gasteiger partial charge on any atom is -0.491 e. The molecule has 0 spiro atoms. The molecule has 0 radical (unpaired) electrons. The fourth-order valence-electron chi connectivity index (χ4n) is 2.44. The van der Waals surface area contributed by atoms with E-state index >= 15 is 0 Å². The first-order chi connectivity index (χ1) is 9.95. The summed E-state index contributed by atoms with van der Waals surface area (Å²) in [5, 5.41) is 15.4. The first-order valence-electron chi connectivity index (χ1n) is 7.44. The Kier molecular flexibility index (Phi) is 5.20. The van der Waals surface area contributed by atoms with Crippen LogP contribution >= 0.6 is 0 Å². The largest absolute Gasteiger partial charge is 0.491 e. The summed E-state index contributed by atoms with van der Waals surface area (Å²) in [6.07, 6.45) is 0.155. The lowest BCUT2D eigenvalue weighted by atomic mass is 10.1. The normalized spacial score (nSPS) is 23.1. The molecule has 3 N–H and O–H groups in total. The van der Waals surface area contributed by atoms with Crippen molar-refractivity contribution in [1.29, 1.82) is 0 Å². The summed E-state index contributed by atoms with van der Waals surface area (Å²) >= 11 is 0. The summed E-state index contributed by atoms with van der Waals surface area (Å²) in [6.45, 7) is 6.38. The lowest BCUT2D eigenvalue weighted by Crippen LogP contribution is -2.41. The van der Waals surface area contributed by atoms with Gasteiger partial charge in [-0.25, -0.2) is 0 Å². The van der Waals surface area contributed by atoms with E-state index in [1.54, 1.807) is 0 Å². The fraction of sp³-hybridized carbons (Fsp3) is 0.562. The van der Waals surface area contributed by atoms with Crippen LogP contribution in [0.2, 0.25) is 0 Å². The van der Waals surface area contributed by atoms with E-state index in [0.717, 1.165) is 11.3 Å². The Labute approximate surface area is 125 Å². The van der Waals surface area contributed by atoms with Gasteiger partial charge in [0.2, 0.25) is 5.91 Å². The van der Waals surface area contributed by atoms with E-state index in [1.165, 1.54) is 0 Å². The Balaban J connectivity index is 1.96. The van der Waals surface area contributed by atoms with Gasteiger partial charge in [0.25, 0.3) is 0 Å². The Morgan fingerprint density at radius 2 is 2.19 bits per heavy atom. The van der Waals surface area contributed by atoms with Crippen LogP contribution in [0.3, 0.4) is 0 Å². The van der Waals surface area contributed by atoms with Crippen LogP contribution in [0.15, 0.2) is 24.3 Å². The number of aliphatic hydroxyl groups is 1. The molecule has 2 rings (SSSR count). The SMILES string of the molecule is CC(C)Oc1cccc(C(C)NC(=O)C2CC(O)CN2)c1. The van der Waals surface area contributed by atoms with Gasteiger partial charge in [-0.05, 0) is 44.9 Å². The lowest BCUT2D eigenvalue weighted by molar-refractivity contribution is -0.123. The zero-order valence-corrected chi connectivity index (χ0v) is 12.8. The Hall–Kier alpha value is -1.59. The van der Waals surface area contributed by atoms with Crippen LogP contribution in [-0.4, -0.2) is 35.8 Å². The Bertz CT molecular complexity index is 490. The first-order valence-corrected chi connectivity index (χ1v) is 7.44. The summed E-state index contributed by atoms with van der Waals surface area (Å²) < 4.78 is 5.67. The molecule has 1 aromatic carbocycles. The third-order valence-corrected chi connectivity index (χ3v) is 3.51. The Morgan fingerprint density at radius 1 is 1.43 bits per heavy atom. The molecule has 1 saturated heterocycles. The molecule has 0 aliphatic carbocycles. The van der Waals surface area contributed by atoms with Crippen LogP contribution in [0, 0.1) is 0 Å². The van der Waals surface area contributed by atoms with E-state index in [9.17, 15) is 9.90 Å². The molecule has 3 atom stereocenters. The van der Waals surface area contributed by atoms with Gasteiger partial charge >= 0.3 is 0 Å². The van der Waals surface area contributed by atoms with E-state index in [-0.39, 0.29) is 24.1 Å².